The molecule has 0 aliphatic heterocycles. The number of hydrogen-bond acceptors (Lipinski definition) is 5. The van der Waals surface area contributed by atoms with Crippen molar-refractivity contribution in [1.29, 1.82) is 0 Å². The third-order valence-corrected chi connectivity index (χ3v) is 5.01. The van der Waals surface area contributed by atoms with Crippen molar-refractivity contribution < 1.29 is 13.9 Å². The molecule has 26 heavy (non-hydrogen) atoms. The number of nitrogens with one attached hydrogen (secondary N) is 1. The lowest BCUT2D eigenvalue weighted by Gasteiger charge is -2.08. The van der Waals surface area contributed by atoms with Crippen LogP contribution in [0.25, 0.3) is 10.4 Å². The fourth-order valence-electron chi connectivity index (χ4n) is 2.64. The third kappa shape index (κ3) is 4.59. The Balaban J connectivity index is 1.58. The zero-order chi connectivity index (χ0) is 18.4. The molecule has 0 fully saturated rings. The predicted octanol–water partition coefficient (Wildman–Crippen LogP) is 4.30. The molecule has 4 nitrogen and oxygen atoms in total. The predicted molar refractivity (Wildman–Crippen MR) is 102 cm³/mol. The van der Waals surface area contributed by atoms with Crippen molar-refractivity contribution in [3.8, 4) is 21.9 Å². The monoisotopic (exact) mass is 372 g/mol. The summed E-state index contributed by atoms with van der Waals surface area (Å²) in [5, 5.41) is 4.35. The van der Waals surface area contributed by atoms with E-state index in [1.807, 2.05) is 30.5 Å². The van der Waals surface area contributed by atoms with Crippen LogP contribution in [0, 0.1) is 5.82 Å². The third-order valence-electron chi connectivity index (χ3n) is 3.98. The lowest BCUT2D eigenvalue weighted by molar-refractivity contribution is 0.395. The molecule has 0 radical (unpaired) electrons. The lowest BCUT2D eigenvalue weighted by atomic mass is 10.1. The van der Waals surface area contributed by atoms with Gasteiger partial charge in [0.15, 0.2) is 0 Å². The van der Waals surface area contributed by atoms with Gasteiger partial charge in [0, 0.05) is 24.4 Å². The van der Waals surface area contributed by atoms with E-state index in [-0.39, 0.29) is 5.82 Å². The van der Waals surface area contributed by atoms with Crippen LogP contribution in [0.3, 0.4) is 0 Å². The van der Waals surface area contributed by atoms with E-state index >= 15 is 0 Å². The molecule has 136 valence electrons. The van der Waals surface area contributed by atoms with Crippen molar-refractivity contribution in [3.63, 3.8) is 0 Å². The van der Waals surface area contributed by atoms with Crippen molar-refractivity contribution in [2.75, 3.05) is 20.8 Å². The topological polar surface area (TPSA) is 43.4 Å². The van der Waals surface area contributed by atoms with E-state index in [4.69, 9.17) is 9.47 Å². The minimum atomic E-state index is -0.194. The summed E-state index contributed by atoms with van der Waals surface area (Å²) in [6.45, 7) is 1.45. The van der Waals surface area contributed by atoms with Crippen LogP contribution in [-0.2, 0) is 13.0 Å². The van der Waals surface area contributed by atoms with Crippen LogP contribution in [0.15, 0.2) is 48.7 Å². The Morgan fingerprint density at radius 1 is 1.12 bits per heavy atom. The average molecular weight is 372 g/mol. The Kier molecular flexibility index (Phi) is 6.20. The van der Waals surface area contributed by atoms with Crippen LogP contribution in [0.1, 0.15) is 10.6 Å². The molecule has 0 atom stereocenters. The van der Waals surface area contributed by atoms with Gasteiger partial charge in [0.2, 0.25) is 0 Å². The standard InChI is InChI=1S/C20H21FN2O2S/c1-24-16-6-7-17(18(11-16)25-2)19-12-23-20(26-19)13-22-9-8-14-4-3-5-15(21)10-14/h3-7,10-12,22H,8-9,13H2,1-2H3. The van der Waals surface area contributed by atoms with Gasteiger partial charge < -0.3 is 14.8 Å². The zero-order valence-corrected chi connectivity index (χ0v) is 15.6. The fourth-order valence-corrected chi connectivity index (χ4v) is 3.56. The van der Waals surface area contributed by atoms with Gasteiger partial charge in [-0.3, -0.25) is 0 Å². The molecule has 2 aromatic carbocycles. The number of rotatable bonds is 8. The molecule has 1 aromatic heterocycles. The van der Waals surface area contributed by atoms with E-state index in [1.165, 1.54) is 6.07 Å². The van der Waals surface area contributed by atoms with Gasteiger partial charge in [-0.15, -0.1) is 11.3 Å². The van der Waals surface area contributed by atoms with Gasteiger partial charge in [0.1, 0.15) is 22.3 Å². The normalized spacial score (nSPS) is 10.7. The summed E-state index contributed by atoms with van der Waals surface area (Å²) in [6.07, 6.45) is 2.64. The van der Waals surface area contributed by atoms with E-state index in [0.29, 0.717) is 6.54 Å². The summed E-state index contributed by atoms with van der Waals surface area (Å²) in [5.41, 5.74) is 1.98. The second-order valence-corrected chi connectivity index (χ2v) is 6.86. The first-order valence-corrected chi connectivity index (χ1v) is 9.13. The highest BCUT2D eigenvalue weighted by atomic mass is 32.1. The number of benzene rings is 2. The van der Waals surface area contributed by atoms with Gasteiger partial charge >= 0.3 is 0 Å². The second kappa shape index (κ2) is 8.78. The maximum atomic E-state index is 13.2. The molecule has 6 heteroatoms. The fraction of sp³-hybridized carbons (Fsp3) is 0.250. The van der Waals surface area contributed by atoms with Crippen LogP contribution < -0.4 is 14.8 Å². The summed E-state index contributed by atoms with van der Waals surface area (Å²) in [4.78, 5) is 5.53. The zero-order valence-electron chi connectivity index (χ0n) is 14.8. The van der Waals surface area contributed by atoms with E-state index in [1.54, 1.807) is 37.7 Å². The molecule has 1 N–H and O–H groups in total. The highest BCUT2D eigenvalue weighted by molar-refractivity contribution is 7.15. The van der Waals surface area contributed by atoms with Crippen molar-refractivity contribution in [3.05, 3.63) is 65.0 Å². The number of thiazole rings is 1. The Morgan fingerprint density at radius 2 is 2.00 bits per heavy atom. The van der Waals surface area contributed by atoms with E-state index in [9.17, 15) is 4.39 Å². The largest absolute Gasteiger partial charge is 0.497 e. The SMILES string of the molecule is COc1ccc(-c2cnc(CNCCc3cccc(F)c3)s2)c(OC)c1. The number of halogens is 1. The number of aromatic nitrogens is 1. The molecule has 0 amide bonds. The molecule has 0 bridgehead atoms. The van der Waals surface area contributed by atoms with Crippen molar-refractivity contribution in [1.82, 2.24) is 10.3 Å². The maximum Gasteiger partial charge on any atom is 0.131 e. The summed E-state index contributed by atoms with van der Waals surface area (Å²) in [7, 11) is 3.28. The van der Waals surface area contributed by atoms with Gasteiger partial charge in [0.25, 0.3) is 0 Å². The molecule has 0 aliphatic rings. The second-order valence-electron chi connectivity index (χ2n) is 5.74. The minimum absolute atomic E-state index is 0.194. The molecule has 3 rings (SSSR count). The van der Waals surface area contributed by atoms with Gasteiger partial charge in [-0.2, -0.15) is 0 Å². The molecular weight excluding hydrogens is 351 g/mol. The molecule has 3 aromatic rings. The molecule has 0 spiro atoms. The minimum Gasteiger partial charge on any atom is -0.497 e. The number of nitrogens with zero attached hydrogens (tertiary/aromatic N) is 1. The highest BCUT2D eigenvalue weighted by Gasteiger charge is 2.11. The van der Waals surface area contributed by atoms with E-state index in [2.05, 4.69) is 10.3 Å². The molecule has 0 saturated carbocycles. The first kappa shape index (κ1) is 18.4. The summed E-state index contributed by atoms with van der Waals surface area (Å²) < 4.78 is 23.9. The molecule has 0 aliphatic carbocycles. The quantitative estimate of drug-likeness (QED) is 0.599. The van der Waals surface area contributed by atoms with E-state index < -0.39 is 0 Å². The summed E-state index contributed by atoms with van der Waals surface area (Å²) >= 11 is 1.62. The Morgan fingerprint density at radius 3 is 2.77 bits per heavy atom. The molecule has 1 heterocycles. The molecule has 0 saturated heterocycles. The smallest absolute Gasteiger partial charge is 0.131 e. The van der Waals surface area contributed by atoms with Crippen LogP contribution >= 0.6 is 11.3 Å². The molecular formula is C20H21FN2O2S. The van der Waals surface area contributed by atoms with Gasteiger partial charge in [-0.1, -0.05) is 12.1 Å². The van der Waals surface area contributed by atoms with E-state index in [0.717, 1.165) is 45.5 Å². The van der Waals surface area contributed by atoms with Crippen molar-refractivity contribution in [2.45, 2.75) is 13.0 Å². The average Bonchev–Trinajstić information content (AvgIpc) is 3.13. The maximum absolute atomic E-state index is 13.2. The number of hydrogen-bond donors (Lipinski definition) is 1. The molecule has 0 unspecified atom stereocenters. The number of ether oxygens (including phenoxy) is 2. The van der Waals surface area contributed by atoms with Gasteiger partial charge in [-0.05, 0) is 42.8 Å². The lowest BCUT2D eigenvalue weighted by Crippen LogP contribution is -2.16. The number of methoxy groups -OCH3 is 2. The van der Waals surface area contributed by atoms with Crippen molar-refractivity contribution in [2.24, 2.45) is 0 Å². The summed E-state index contributed by atoms with van der Waals surface area (Å²) in [6, 6.07) is 12.5. The highest BCUT2D eigenvalue weighted by Crippen LogP contribution is 2.36. The van der Waals surface area contributed by atoms with Crippen molar-refractivity contribution >= 4 is 11.3 Å². The van der Waals surface area contributed by atoms with Crippen LogP contribution in [-0.4, -0.2) is 25.7 Å². The van der Waals surface area contributed by atoms with Gasteiger partial charge in [-0.25, -0.2) is 9.37 Å². The Bertz CT molecular complexity index is 867. The van der Waals surface area contributed by atoms with Crippen LogP contribution in [0.2, 0.25) is 0 Å². The first-order chi connectivity index (χ1) is 12.7. The van der Waals surface area contributed by atoms with Crippen LogP contribution in [0.4, 0.5) is 4.39 Å². The summed E-state index contributed by atoms with van der Waals surface area (Å²) in [5.74, 6) is 1.33. The first-order valence-electron chi connectivity index (χ1n) is 8.32. The Hall–Kier alpha value is -2.44. The van der Waals surface area contributed by atoms with Gasteiger partial charge in [0.05, 0.1) is 19.1 Å². The Labute approximate surface area is 156 Å². The van der Waals surface area contributed by atoms with Crippen LogP contribution in [0.5, 0.6) is 11.5 Å².